The Morgan fingerprint density at radius 1 is 1.33 bits per heavy atom. The number of likely N-dealkylation sites (tertiary alicyclic amines) is 1. The van der Waals surface area contributed by atoms with Gasteiger partial charge in [0, 0.05) is 26.3 Å². The lowest BCUT2D eigenvalue weighted by molar-refractivity contribution is 0.181. The molecule has 1 aromatic carbocycles. The Kier molecular flexibility index (Phi) is 5.38. The minimum absolute atomic E-state index is 0.104. The van der Waals surface area contributed by atoms with E-state index in [0.29, 0.717) is 18.3 Å². The number of methoxy groups -OCH3 is 1. The van der Waals surface area contributed by atoms with Crippen LogP contribution < -0.4 is 5.32 Å². The Morgan fingerprint density at radius 2 is 2.17 bits per heavy atom. The second-order valence-corrected chi connectivity index (χ2v) is 6.05. The summed E-state index contributed by atoms with van der Waals surface area (Å²) in [4.78, 5) is 22.4. The van der Waals surface area contributed by atoms with Crippen LogP contribution in [0.2, 0.25) is 0 Å². The molecule has 1 saturated heterocycles. The molecule has 0 radical (unpaired) electrons. The van der Waals surface area contributed by atoms with Crippen molar-refractivity contribution in [1.29, 1.82) is 0 Å². The Balaban J connectivity index is 1.54. The SMILES string of the molecule is COCc1cc(NC(=O)N2CCC(Cc3ccccc3)C2)ncn1. The molecule has 3 rings (SSSR count). The predicted molar refractivity (Wildman–Crippen MR) is 91.6 cm³/mol. The number of hydrogen-bond donors (Lipinski definition) is 1. The summed E-state index contributed by atoms with van der Waals surface area (Å²) in [6, 6.07) is 12.0. The summed E-state index contributed by atoms with van der Waals surface area (Å²) in [7, 11) is 1.61. The molecule has 2 heterocycles. The molecule has 1 aliphatic heterocycles. The standard InChI is InChI=1S/C18H22N4O2/c1-24-12-16-10-17(20-13-19-16)21-18(23)22-8-7-15(11-22)9-14-5-3-2-4-6-14/h2-6,10,13,15H,7-9,11-12H2,1H3,(H,19,20,21,23). The molecule has 126 valence electrons. The molecule has 0 spiro atoms. The number of benzene rings is 1. The summed E-state index contributed by atoms with van der Waals surface area (Å²) in [5, 5.41) is 2.85. The summed E-state index contributed by atoms with van der Waals surface area (Å²) in [5.41, 5.74) is 2.07. The molecule has 1 N–H and O–H groups in total. The van der Waals surface area contributed by atoms with Gasteiger partial charge in [-0.25, -0.2) is 14.8 Å². The van der Waals surface area contributed by atoms with Gasteiger partial charge in [-0.05, 0) is 24.3 Å². The van der Waals surface area contributed by atoms with Crippen molar-refractivity contribution >= 4 is 11.8 Å². The normalized spacial score (nSPS) is 17.0. The molecule has 2 aromatic rings. The maximum Gasteiger partial charge on any atom is 0.323 e. The van der Waals surface area contributed by atoms with Gasteiger partial charge in [-0.2, -0.15) is 0 Å². The molecule has 1 atom stereocenters. The first-order chi connectivity index (χ1) is 11.7. The van der Waals surface area contributed by atoms with E-state index in [0.717, 1.165) is 31.6 Å². The summed E-state index contributed by atoms with van der Waals surface area (Å²) in [5.74, 6) is 1.01. The number of aromatic nitrogens is 2. The van der Waals surface area contributed by atoms with E-state index in [4.69, 9.17) is 4.74 Å². The Morgan fingerprint density at radius 3 is 2.96 bits per heavy atom. The van der Waals surface area contributed by atoms with Crippen LogP contribution in [0.3, 0.4) is 0 Å². The van der Waals surface area contributed by atoms with E-state index in [9.17, 15) is 4.79 Å². The minimum Gasteiger partial charge on any atom is -0.378 e. The number of hydrogen-bond acceptors (Lipinski definition) is 4. The van der Waals surface area contributed by atoms with E-state index < -0.39 is 0 Å². The second-order valence-electron chi connectivity index (χ2n) is 6.05. The molecule has 1 aliphatic rings. The van der Waals surface area contributed by atoms with E-state index in [2.05, 4.69) is 39.6 Å². The molecule has 1 unspecified atom stereocenters. The zero-order valence-electron chi connectivity index (χ0n) is 13.8. The van der Waals surface area contributed by atoms with E-state index in [-0.39, 0.29) is 6.03 Å². The van der Waals surface area contributed by atoms with Gasteiger partial charge < -0.3 is 9.64 Å². The van der Waals surface area contributed by atoms with Crippen molar-refractivity contribution in [3.63, 3.8) is 0 Å². The zero-order valence-corrected chi connectivity index (χ0v) is 13.8. The van der Waals surface area contributed by atoms with Crippen molar-refractivity contribution in [3.8, 4) is 0 Å². The molecular formula is C18H22N4O2. The van der Waals surface area contributed by atoms with Gasteiger partial charge >= 0.3 is 6.03 Å². The lowest BCUT2D eigenvalue weighted by Crippen LogP contribution is -2.33. The third kappa shape index (κ3) is 4.29. The van der Waals surface area contributed by atoms with Gasteiger partial charge in [0.2, 0.25) is 0 Å². The van der Waals surface area contributed by atoms with Crippen LogP contribution in [-0.4, -0.2) is 41.1 Å². The smallest absolute Gasteiger partial charge is 0.323 e. The number of ether oxygens (including phenoxy) is 1. The number of carbonyl (C=O) groups is 1. The number of nitrogens with zero attached hydrogens (tertiary/aromatic N) is 3. The zero-order chi connectivity index (χ0) is 16.8. The van der Waals surface area contributed by atoms with Crippen LogP contribution in [0.5, 0.6) is 0 Å². The van der Waals surface area contributed by atoms with Gasteiger partial charge in [-0.15, -0.1) is 0 Å². The second kappa shape index (κ2) is 7.88. The first-order valence-electron chi connectivity index (χ1n) is 8.14. The summed E-state index contributed by atoms with van der Waals surface area (Å²) >= 11 is 0. The van der Waals surface area contributed by atoms with Gasteiger partial charge in [-0.1, -0.05) is 30.3 Å². The number of rotatable bonds is 5. The fourth-order valence-corrected chi connectivity index (χ4v) is 3.01. The van der Waals surface area contributed by atoms with Crippen LogP contribution >= 0.6 is 0 Å². The number of urea groups is 1. The highest BCUT2D eigenvalue weighted by atomic mass is 16.5. The Hall–Kier alpha value is -2.47. The topological polar surface area (TPSA) is 67.3 Å². The molecule has 6 heteroatoms. The van der Waals surface area contributed by atoms with E-state index in [1.807, 2.05) is 11.0 Å². The first kappa shape index (κ1) is 16.4. The first-order valence-corrected chi connectivity index (χ1v) is 8.14. The minimum atomic E-state index is -0.104. The van der Waals surface area contributed by atoms with E-state index in [1.54, 1.807) is 13.2 Å². The lowest BCUT2D eigenvalue weighted by Gasteiger charge is -2.17. The number of carbonyl (C=O) groups excluding carboxylic acids is 1. The Bertz CT molecular complexity index is 678. The van der Waals surface area contributed by atoms with Gasteiger partial charge in [0.05, 0.1) is 12.3 Å². The van der Waals surface area contributed by atoms with Crippen LogP contribution in [0.4, 0.5) is 10.6 Å². The highest BCUT2D eigenvalue weighted by Crippen LogP contribution is 2.21. The molecule has 0 aliphatic carbocycles. The highest BCUT2D eigenvalue weighted by molar-refractivity contribution is 5.88. The van der Waals surface area contributed by atoms with Crippen LogP contribution in [-0.2, 0) is 17.8 Å². The van der Waals surface area contributed by atoms with Crippen LogP contribution in [0.1, 0.15) is 17.7 Å². The summed E-state index contributed by atoms with van der Waals surface area (Å²) in [6.07, 6.45) is 3.48. The molecule has 2 amide bonds. The summed E-state index contributed by atoms with van der Waals surface area (Å²) < 4.78 is 5.04. The summed E-state index contributed by atoms with van der Waals surface area (Å²) in [6.45, 7) is 1.95. The predicted octanol–water partition coefficient (Wildman–Crippen LogP) is 2.72. The van der Waals surface area contributed by atoms with Crippen molar-refractivity contribution in [3.05, 3.63) is 54.0 Å². The fraction of sp³-hybridized carbons (Fsp3) is 0.389. The maximum absolute atomic E-state index is 12.4. The molecule has 6 nitrogen and oxygen atoms in total. The van der Waals surface area contributed by atoms with Gasteiger partial charge in [0.15, 0.2) is 0 Å². The third-order valence-corrected chi connectivity index (χ3v) is 4.19. The molecule has 1 aromatic heterocycles. The molecule has 0 bridgehead atoms. The van der Waals surface area contributed by atoms with Crippen molar-refractivity contribution in [2.75, 3.05) is 25.5 Å². The molecule has 0 saturated carbocycles. The molecule has 1 fully saturated rings. The Labute approximate surface area is 141 Å². The average Bonchev–Trinajstić information content (AvgIpc) is 3.05. The maximum atomic E-state index is 12.4. The van der Waals surface area contributed by atoms with Gasteiger partial charge in [0.25, 0.3) is 0 Å². The van der Waals surface area contributed by atoms with Gasteiger partial charge in [0.1, 0.15) is 12.1 Å². The molecule has 24 heavy (non-hydrogen) atoms. The number of anilines is 1. The van der Waals surface area contributed by atoms with E-state index in [1.165, 1.54) is 11.9 Å². The fourth-order valence-electron chi connectivity index (χ4n) is 3.01. The van der Waals surface area contributed by atoms with Crippen molar-refractivity contribution in [2.24, 2.45) is 5.92 Å². The van der Waals surface area contributed by atoms with Crippen molar-refractivity contribution < 1.29 is 9.53 Å². The highest BCUT2D eigenvalue weighted by Gasteiger charge is 2.26. The van der Waals surface area contributed by atoms with Crippen LogP contribution in [0.15, 0.2) is 42.7 Å². The molecular weight excluding hydrogens is 304 g/mol. The monoisotopic (exact) mass is 326 g/mol. The van der Waals surface area contributed by atoms with Crippen molar-refractivity contribution in [1.82, 2.24) is 14.9 Å². The van der Waals surface area contributed by atoms with Gasteiger partial charge in [-0.3, -0.25) is 5.32 Å². The van der Waals surface area contributed by atoms with Crippen LogP contribution in [0, 0.1) is 5.92 Å². The third-order valence-electron chi connectivity index (χ3n) is 4.19. The number of nitrogens with one attached hydrogen (secondary N) is 1. The largest absolute Gasteiger partial charge is 0.378 e. The number of amides is 2. The lowest BCUT2D eigenvalue weighted by atomic mass is 9.99. The average molecular weight is 326 g/mol. The van der Waals surface area contributed by atoms with E-state index >= 15 is 0 Å². The quantitative estimate of drug-likeness (QED) is 0.917. The van der Waals surface area contributed by atoms with Crippen molar-refractivity contribution in [2.45, 2.75) is 19.4 Å². The van der Waals surface area contributed by atoms with Crippen LogP contribution in [0.25, 0.3) is 0 Å².